The minimum Gasteiger partial charge on any atom is -0.353 e. The van der Waals surface area contributed by atoms with Gasteiger partial charge in [-0.1, -0.05) is 13.3 Å². The SMILES string of the molecule is CCCc1cc(N2CCCC2CC(C)N)ncn1. The van der Waals surface area contributed by atoms with Crippen molar-refractivity contribution in [1.29, 1.82) is 0 Å². The maximum atomic E-state index is 5.93. The average molecular weight is 248 g/mol. The van der Waals surface area contributed by atoms with Gasteiger partial charge in [0.05, 0.1) is 0 Å². The quantitative estimate of drug-likeness (QED) is 0.867. The van der Waals surface area contributed by atoms with E-state index < -0.39 is 0 Å². The van der Waals surface area contributed by atoms with Gasteiger partial charge in [-0.2, -0.15) is 0 Å². The zero-order valence-corrected chi connectivity index (χ0v) is 11.5. The normalized spacial score (nSPS) is 21.3. The third kappa shape index (κ3) is 3.19. The highest BCUT2D eigenvalue weighted by Gasteiger charge is 2.26. The first-order valence-electron chi connectivity index (χ1n) is 7.04. The van der Waals surface area contributed by atoms with Gasteiger partial charge in [0, 0.05) is 30.4 Å². The Morgan fingerprint density at radius 2 is 2.33 bits per heavy atom. The third-order valence-corrected chi connectivity index (χ3v) is 3.53. The smallest absolute Gasteiger partial charge is 0.132 e. The molecule has 2 unspecified atom stereocenters. The van der Waals surface area contributed by atoms with E-state index in [1.165, 1.54) is 12.8 Å². The fourth-order valence-electron chi connectivity index (χ4n) is 2.75. The lowest BCUT2D eigenvalue weighted by Crippen LogP contribution is -2.34. The molecule has 1 fully saturated rings. The molecule has 2 heterocycles. The Morgan fingerprint density at radius 3 is 3.06 bits per heavy atom. The van der Waals surface area contributed by atoms with Crippen molar-refractivity contribution in [3.63, 3.8) is 0 Å². The van der Waals surface area contributed by atoms with Gasteiger partial charge in [-0.15, -0.1) is 0 Å². The molecule has 4 nitrogen and oxygen atoms in total. The molecule has 2 atom stereocenters. The van der Waals surface area contributed by atoms with Gasteiger partial charge in [-0.3, -0.25) is 0 Å². The van der Waals surface area contributed by atoms with Crippen LogP contribution in [0.4, 0.5) is 5.82 Å². The van der Waals surface area contributed by atoms with E-state index in [2.05, 4.69) is 34.8 Å². The second kappa shape index (κ2) is 6.14. The summed E-state index contributed by atoms with van der Waals surface area (Å²) in [4.78, 5) is 11.2. The van der Waals surface area contributed by atoms with Gasteiger partial charge >= 0.3 is 0 Å². The standard InChI is InChI=1S/C14H24N4/c1-3-5-12-9-14(17-10-16-12)18-7-4-6-13(18)8-11(2)15/h9-11,13H,3-8,15H2,1-2H3. The topological polar surface area (TPSA) is 55.0 Å². The van der Waals surface area contributed by atoms with Crippen LogP contribution in [0.1, 0.15) is 45.2 Å². The molecule has 1 aliphatic heterocycles. The molecule has 0 radical (unpaired) electrons. The second-order valence-corrected chi connectivity index (χ2v) is 5.32. The van der Waals surface area contributed by atoms with Crippen LogP contribution in [0, 0.1) is 0 Å². The Bertz CT molecular complexity index is 378. The lowest BCUT2D eigenvalue weighted by molar-refractivity contribution is 0.542. The van der Waals surface area contributed by atoms with E-state index in [4.69, 9.17) is 5.73 Å². The van der Waals surface area contributed by atoms with Crippen LogP contribution >= 0.6 is 0 Å². The van der Waals surface area contributed by atoms with Crippen LogP contribution < -0.4 is 10.6 Å². The molecule has 0 amide bonds. The molecule has 0 bridgehead atoms. The molecular weight excluding hydrogens is 224 g/mol. The number of rotatable bonds is 5. The molecule has 0 aliphatic carbocycles. The van der Waals surface area contributed by atoms with Crippen LogP contribution in [0.5, 0.6) is 0 Å². The lowest BCUT2D eigenvalue weighted by Gasteiger charge is -2.27. The summed E-state index contributed by atoms with van der Waals surface area (Å²) in [6, 6.07) is 2.95. The van der Waals surface area contributed by atoms with Crippen LogP contribution in [-0.2, 0) is 6.42 Å². The van der Waals surface area contributed by atoms with Crippen molar-refractivity contribution < 1.29 is 0 Å². The van der Waals surface area contributed by atoms with Gasteiger partial charge in [-0.25, -0.2) is 9.97 Å². The highest BCUT2D eigenvalue weighted by Crippen LogP contribution is 2.26. The number of aromatic nitrogens is 2. The summed E-state index contributed by atoms with van der Waals surface area (Å²) >= 11 is 0. The molecule has 1 aromatic rings. The Labute approximate surface area is 110 Å². The van der Waals surface area contributed by atoms with Crippen LogP contribution in [0.15, 0.2) is 12.4 Å². The second-order valence-electron chi connectivity index (χ2n) is 5.32. The summed E-state index contributed by atoms with van der Waals surface area (Å²) in [5.41, 5.74) is 7.08. The number of anilines is 1. The Hall–Kier alpha value is -1.16. The maximum absolute atomic E-state index is 5.93. The first-order chi connectivity index (χ1) is 8.70. The number of aryl methyl sites for hydroxylation is 1. The predicted molar refractivity (Wildman–Crippen MR) is 74.7 cm³/mol. The monoisotopic (exact) mass is 248 g/mol. The lowest BCUT2D eigenvalue weighted by atomic mass is 10.1. The number of hydrogen-bond donors (Lipinski definition) is 1. The van der Waals surface area contributed by atoms with Crippen molar-refractivity contribution in [1.82, 2.24) is 9.97 Å². The first kappa shape index (κ1) is 13.3. The van der Waals surface area contributed by atoms with E-state index in [0.29, 0.717) is 6.04 Å². The Morgan fingerprint density at radius 1 is 1.50 bits per heavy atom. The van der Waals surface area contributed by atoms with Crippen molar-refractivity contribution in [3.8, 4) is 0 Å². The van der Waals surface area contributed by atoms with Gasteiger partial charge < -0.3 is 10.6 Å². The molecule has 1 aliphatic rings. The molecule has 0 aromatic carbocycles. The van der Waals surface area contributed by atoms with Crippen molar-refractivity contribution >= 4 is 5.82 Å². The molecule has 18 heavy (non-hydrogen) atoms. The predicted octanol–water partition coefficient (Wildman–Crippen LogP) is 2.14. The highest BCUT2D eigenvalue weighted by atomic mass is 15.2. The summed E-state index contributed by atoms with van der Waals surface area (Å²) in [5, 5.41) is 0. The van der Waals surface area contributed by atoms with E-state index in [0.717, 1.165) is 37.3 Å². The maximum Gasteiger partial charge on any atom is 0.132 e. The van der Waals surface area contributed by atoms with E-state index >= 15 is 0 Å². The van der Waals surface area contributed by atoms with Crippen molar-refractivity contribution in [2.45, 2.75) is 58.0 Å². The van der Waals surface area contributed by atoms with E-state index in [1.807, 2.05) is 0 Å². The van der Waals surface area contributed by atoms with Gasteiger partial charge in [0.1, 0.15) is 12.1 Å². The van der Waals surface area contributed by atoms with Crippen molar-refractivity contribution in [3.05, 3.63) is 18.1 Å². The number of nitrogens with zero attached hydrogens (tertiary/aromatic N) is 3. The molecule has 100 valence electrons. The minimum absolute atomic E-state index is 0.257. The molecule has 4 heteroatoms. The van der Waals surface area contributed by atoms with E-state index in [9.17, 15) is 0 Å². The van der Waals surface area contributed by atoms with Crippen LogP contribution in [0.2, 0.25) is 0 Å². The molecule has 0 saturated carbocycles. The van der Waals surface area contributed by atoms with E-state index in [-0.39, 0.29) is 6.04 Å². The Balaban J connectivity index is 2.11. The summed E-state index contributed by atoms with van der Waals surface area (Å²) in [6.45, 7) is 5.36. The average Bonchev–Trinajstić information content (AvgIpc) is 2.77. The molecule has 2 N–H and O–H groups in total. The molecule has 0 spiro atoms. The minimum atomic E-state index is 0.257. The van der Waals surface area contributed by atoms with Gasteiger partial charge in [0.15, 0.2) is 0 Å². The molecular formula is C14H24N4. The van der Waals surface area contributed by atoms with E-state index in [1.54, 1.807) is 6.33 Å². The van der Waals surface area contributed by atoms with Crippen LogP contribution in [0.25, 0.3) is 0 Å². The number of nitrogens with two attached hydrogens (primary N) is 1. The molecule has 1 saturated heterocycles. The van der Waals surface area contributed by atoms with Crippen molar-refractivity contribution in [2.24, 2.45) is 5.73 Å². The first-order valence-corrected chi connectivity index (χ1v) is 7.04. The third-order valence-electron chi connectivity index (χ3n) is 3.53. The summed E-state index contributed by atoms with van der Waals surface area (Å²) in [7, 11) is 0. The van der Waals surface area contributed by atoms with Gasteiger partial charge in [0.2, 0.25) is 0 Å². The Kier molecular flexibility index (Phi) is 4.53. The molecule has 2 rings (SSSR count). The summed E-state index contributed by atoms with van der Waals surface area (Å²) < 4.78 is 0. The van der Waals surface area contributed by atoms with Crippen LogP contribution in [0.3, 0.4) is 0 Å². The molecule has 1 aromatic heterocycles. The van der Waals surface area contributed by atoms with Crippen molar-refractivity contribution in [2.75, 3.05) is 11.4 Å². The zero-order valence-electron chi connectivity index (χ0n) is 11.5. The van der Waals surface area contributed by atoms with Gasteiger partial charge in [0.25, 0.3) is 0 Å². The highest BCUT2D eigenvalue weighted by molar-refractivity contribution is 5.41. The van der Waals surface area contributed by atoms with Crippen LogP contribution in [-0.4, -0.2) is 28.6 Å². The van der Waals surface area contributed by atoms with Gasteiger partial charge in [-0.05, 0) is 32.6 Å². The summed E-state index contributed by atoms with van der Waals surface area (Å²) in [5.74, 6) is 1.08. The fourth-order valence-corrected chi connectivity index (χ4v) is 2.75. The summed E-state index contributed by atoms with van der Waals surface area (Å²) in [6.07, 6.45) is 7.37. The fraction of sp³-hybridized carbons (Fsp3) is 0.714. The largest absolute Gasteiger partial charge is 0.353 e. The number of hydrogen-bond acceptors (Lipinski definition) is 4. The zero-order chi connectivity index (χ0) is 13.0.